The van der Waals surface area contributed by atoms with Crippen LogP contribution in [0.2, 0.25) is 0 Å². The molecule has 6 heteroatoms. The summed E-state index contributed by atoms with van der Waals surface area (Å²) in [4.78, 5) is 13.9. The van der Waals surface area contributed by atoms with E-state index < -0.39 is 11.4 Å². The predicted octanol–water partition coefficient (Wildman–Crippen LogP) is 1.72. The van der Waals surface area contributed by atoms with Crippen molar-refractivity contribution in [3.05, 3.63) is 17.5 Å². The minimum absolute atomic E-state index is 0.167. The molecule has 0 bridgehead atoms. The minimum atomic E-state index is -0.747. The summed E-state index contributed by atoms with van der Waals surface area (Å²) >= 11 is 0. The predicted molar refractivity (Wildman–Crippen MR) is 74.9 cm³/mol. The number of carboxylic acids is 1. The van der Waals surface area contributed by atoms with E-state index in [2.05, 4.69) is 23.9 Å². The van der Waals surface area contributed by atoms with Crippen molar-refractivity contribution in [2.45, 2.75) is 32.7 Å². The van der Waals surface area contributed by atoms with Crippen molar-refractivity contribution in [3.63, 3.8) is 0 Å². The monoisotopic (exact) mass is 294 g/mol. The molecule has 2 atom stereocenters. The Morgan fingerprint density at radius 3 is 3.05 bits per heavy atom. The molecule has 0 aliphatic carbocycles. The number of fused-ring (bicyclic) bond motifs is 1. The fourth-order valence-electron chi connectivity index (χ4n) is 3.42. The lowest BCUT2D eigenvalue weighted by atomic mass is 9.76. The van der Waals surface area contributed by atoms with E-state index in [1.54, 1.807) is 0 Å². The molecule has 2 saturated heterocycles. The highest BCUT2D eigenvalue weighted by Crippen LogP contribution is 2.42. The zero-order valence-corrected chi connectivity index (χ0v) is 12.5. The maximum absolute atomic E-state index is 11.7. The molecular weight excluding hydrogens is 272 g/mol. The lowest BCUT2D eigenvalue weighted by Gasteiger charge is -2.34. The Labute approximate surface area is 124 Å². The second kappa shape index (κ2) is 5.42. The number of aromatic nitrogens is 1. The first kappa shape index (κ1) is 14.5. The van der Waals surface area contributed by atoms with Gasteiger partial charge in [0.1, 0.15) is 11.2 Å². The van der Waals surface area contributed by atoms with Crippen LogP contribution < -0.4 is 0 Å². The van der Waals surface area contributed by atoms with Gasteiger partial charge < -0.3 is 14.4 Å². The SMILES string of the molecule is CC(C)c1cc(CN2C[C@@H]3CCOC[C@]3(C(=O)O)C2)no1. The van der Waals surface area contributed by atoms with Crippen LogP contribution in [0, 0.1) is 11.3 Å². The van der Waals surface area contributed by atoms with E-state index in [1.165, 1.54) is 0 Å². The zero-order chi connectivity index (χ0) is 15.0. The number of likely N-dealkylation sites (tertiary alicyclic amines) is 1. The summed E-state index contributed by atoms with van der Waals surface area (Å²) in [5.74, 6) is 0.613. The minimum Gasteiger partial charge on any atom is -0.481 e. The van der Waals surface area contributed by atoms with Crippen LogP contribution in [-0.4, -0.2) is 47.4 Å². The molecule has 0 spiro atoms. The molecule has 1 N–H and O–H groups in total. The molecule has 0 unspecified atom stereocenters. The fraction of sp³-hybridized carbons (Fsp3) is 0.733. The van der Waals surface area contributed by atoms with E-state index in [4.69, 9.17) is 9.26 Å². The third-order valence-corrected chi connectivity index (χ3v) is 4.69. The molecule has 0 amide bonds. The van der Waals surface area contributed by atoms with Gasteiger partial charge in [0.2, 0.25) is 0 Å². The lowest BCUT2D eigenvalue weighted by molar-refractivity contribution is -0.159. The number of aliphatic carboxylic acids is 1. The second-order valence-electron chi connectivity index (χ2n) is 6.54. The van der Waals surface area contributed by atoms with Crippen LogP contribution in [0.3, 0.4) is 0 Å². The van der Waals surface area contributed by atoms with Crippen molar-refractivity contribution in [1.82, 2.24) is 10.1 Å². The van der Waals surface area contributed by atoms with Crippen molar-refractivity contribution >= 4 is 5.97 Å². The van der Waals surface area contributed by atoms with Crippen LogP contribution in [0.5, 0.6) is 0 Å². The summed E-state index contributed by atoms with van der Waals surface area (Å²) < 4.78 is 10.8. The summed E-state index contributed by atoms with van der Waals surface area (Å²) in [6, 6.07) is 1.97. The van der Waals surface area contributed by atoms with Gasteiger partial charge >= 0.3 is 5.97 Å². The third kappa shape index (κ3) is 2.58. The molecule has 116 valence electrons. The van der Waals surface area contributed by atoms with Gasteiger partial charge in [-0.25, -0.2) is 0 Å². The topological polar surface area (TPSA) is 75.8 Å². The summed E-state index contributed by atoms with van der Waals surface area (Å²) in [6.45, 7) is 7.06. The van der Waals surface area contributed by atoms with E-state index in [0.717, 1.165) is 24.4 Å². The Hall–Kier alpha value is -1.40. The summed E-state index contributed by atoms with van der Waals surface area (Å²) in [7, 11) is 0. The zero-order valence-electron chi connectivity index (χ0n) is 12.5. The average molecular weight is 294 g/mol. The van der Waals surface area contributed by atoms with Crippen molar-refractivity contribution < 1.29 is 19.2 Å². The fourth-order valence-corrected chi connectivity index (χ4v) is 3.42. The van der Waals surface area contributed by atoms with Crippen LogP contribution in [0.15, 0.2) is 10.6 Å². The van der Waals surface area contributed by atoms with Gasteiger partial charge in [0.25, 0.3) is 0 Å². The van der Waals surface area contributed by atoms with Gasteiger partial charge in [0.15, 0.2) is 0 Å². The average Bonchev–Trinajstić information content (AvgIpc) is 3.03. The molecular formula is C15H22N2O4. The molecule has 3 heterocycles. The number of hydrogen-bond donors (Lipinski definition) is 1. The molecule has 2 aliphatic heterocycles. The van der Waals surface area contributed by atoms with Crippen LogP contribution in [-0.2, 0) is 16.1 Å². The van der Waals surface area contributed by atoms with Crippen LogP contribution in [0.25, 0.3) is 0 Å². The number of nitrogens with zero attached hydrogens (tertiary/aromatic N) is 2. The third-order valence-electron chi connectivity index (χ3n) is 4.69. The second-order valence-corrected chi connectivity index (χ2v) is 6.54. The Balaban J connectivity index is 1.71. The van der Waals surface area contributed by atoms with Crippen LogP contribution >= 0.6 is 0 Å². The van der Waals surface area contributed by atoms with Crippen molar-refractivity contribution in [2.24, 2.45) is 11.3 Å². The van der Waals surface area contributed by atoms with Crippen molar-refractivity contribution in [3.8, 4) is 0 Å². The number of ether oxygens (including phenoxy) is 1. The van der Waals surface area contributed by atoms with Gasteiger partial charge in [-0.15, -0.1) is 0 Å². The molecule has 1 aromatic heterocycles. The van der Waals surface area contributed by atoms with E-state index in [9.17, 15) is 9.90 Å². The molecule has 3 rings (SSSR count). The smallest absolute Gasteiger partial charge is 0.313 e. The molecule has 0 saturated carbocycles. The summed E-state index contributed by atoms with van der Waals surface area (Å²) in [6.07, 6.45) is 0.818. The van der Waals surface area contributed by atoms with Gasteiger partial charge in [-0.05, 0) is 12.3 Å². The standard InChI is InChI=1S/C15H22N2O4/c1-10(2)13-5-12(16-21-13)7-17-6-11-3-4-20-9-15(11,8-17)14(18)19/h5,10-11H,3-4,6-9H2,1-2H3,(H,18,19)/t11-,15+/m0/s1. The first-order valence-electron chi connectivity index (χ1n) is 7.50. The number of rotatable bonds is 4. The van der Waals surface area contributed by atoms with Crippen molar-refractivity contribution in [1.29, 1.82) is 0 Å². The molecule has 1 aromatic rings. The lowest BCUT2D eigenvalue weighted by Crippen LogP contribution is -2.46. The highest BCUT2D eigenvalue weighted by Gasteiger charge is 2.54. The van der Waals surface area contributed by atoms with Crippen molar-refractivity contribution in [2.75, 3.05) is 26.3 Å². The first-order chi connectivity index (χ1) is 10.0. The van der Waals surface area contributed by atoms with E-state index in [-0.39, 0.29) is 5.92 Å². The van der Waals surface area contributed by atoms with E-state index >= 15 is 0 Å². The maximum Gasteiger partial charge on any atom is 0.313 e. The number of carbonyl (C=O) groups is 1. The van der Waals surface area contributed by atoms with Gasteiger partial charge in [-0.3, -0.25) is 9.69 Å². The van der Waals surface area contributed by atoms with Gasteiger partial charge in [-0.2, -0.15) is 0 Å². The molecule has 2 fully saturated rings. The Morgan fingerprint density at radius 1 is 1.62 bits per heavy atom. The highest BCUT2D eigenvalue weighted by atomic mass is 16.5. The molecule has 0 radical (unpaired) electrons. The Kier molecular flexibility index (Phi) is 3.75. The van der Waals surface area contributed by atoms with Gasteiger partial charge in [0, 0.05) is 38.2 Å². The first-order valence-corrected chi connectivity index (χ1v) is 7.50. The Bertz CT molecular complexity index is 527. The highest BCUT2D eigenvalue weighted by molar-refractivity contribution is 5.76. The Morgan fingerprint density at radius 2 is 2.43 bits per heavy atom. The number of hydrogen-bond acceptors (Lipinski definition) is 5. The molecule has 6 nitrogen and oxygen atoms in total. The van der Waals surface area contributed by atoms with Gasteiger partial charge in [0.05, 0.1) is 12.3 Å². The normalized spacial score (nSPS) is 29.8. The van der Waals surface area contributed by atoms with E-state index in [1.807, 2.05) is 6.07 Å². The summed E-state index contributed by atoms with van der Waals surface area (Å²) in [5.41, 5.74) is 0.127. The molecule has 0 aromatic carbocycles. The summed E-state index contributed by atoms with van der Waals surface area (Å²) in [5, 5.41) is 13.7. The van der Waals surface area contributed by atoms with E-state index in [0.29, 0.717) is 32.2 Å². The molecule has 2 aliphatic rings. The van der Waals surface area contributed by atoms with Gasteiger partial charge in [-0.1, -0.05) is 19.0 Å². The van der Waals surface area contributed by atoms with Crippen LogP contribution in [0.4, 0.5) is 0 Å². The maximum atomic E-state index is 11.7. The largest absolute Gasteiger partial charge is 0.481 e. The number of carboxylic acid groups (broad SMARTS) is 1. The quantitative estimate of drug-likeness (QED) is 0.911. The van der Waals surface area contributed by atoms with Crippen LogP contribution in [0.1, 0.15) is 37.6 Å². The molecule has 21 heavy (non-hydrogen) atoms.